The molecule has 17 heavy (non-hydrogen) atoms. The van der Waals surface area contributed by atoms with Gasteiger partial charge in [-0.15, -0.1) is 0 Å². The van der Waals surface area contributed by atoms with Crippen molar-refractivity contribution < 1.29 is 0 Å². The van der Waals surface area contributed by atoms with Crippen LogP contribution >= 0.6 is 39.9 Å². The summed E-state index contributed by atoms with van der Waals surface area (Å²) < 4.78 is 1.61. The lowest BCUT2D eigenvalue weighted by Crippen LogP contribution is -2.05. The van der Waals surface area contributed by atoms with Crippen molar-refractivity contribution in [2.45, 2.75) is 45.1 Å². The fraction of sp³-hybridized carbons (Fsp3) is 0.667. The number of rotatable bonds is 5. The van der Waals surface area contributed by atoms with Crippen molar-refractivity contribution >= 4 is 39.9 Å². The molecule has 1 aromatic rings. The zero-order valence-electron chi connectivity index (χ0n) is 10.7. The maximum atomic E-state index is 5.27. The van der Waals surface area contributed by atoms with Crippen LogP contribution < -0.4 is 0 Å². The smallest absolute Gasteiger partial charge is 0.144 e. The number of nitrogens with one attached hydrogen (secondary N) is 1. The highest BCUT2D eigenvalue weighted by Crippen LogP contribution is 2.21. The molecule has 0 atom stereocenters. The number of nitrogens with zero attached hydrogens (tertiary/aromatic N) is 1. The molecule has 0 radical (unpaired) electrons. The lowest BCUT2D eigenvalue weighted by molar-refractivity contribution is 0.629. The van der Waals surface area contributed by atoms with Gasteiger partial charge in [0.1, 0.15) is 10.5 Å². The van der Waals surface area contributed by atoms with Gasteiger partial charge in [0.05, 0.1) is 10.2 Å². The van der Waals surface area contributed by atoms with E-state index in [4.69, 9.17) is 12.2 Å². The van der Waals surface area contributed by atoms with Crippen molar-refractivity contribution in [2.24, 2.45) is 5.92 Å². The molecule has 0 unspecified atom stereocenters. The molecule has 1 rings (SSSR count). The van der Waals surface area contributed by atoms with Crippen LogP contribution in [0.5, 0.6) is 0 Å². The number of aromatic nitrogens is 2. The Kier molecular flexibility index (Phi) is 6.17. The van der Waals surface area contributed by atoms with Gasteiger partial charge in [0.15, 0.2) is 0 Å². The summed E-state index contributed by atoms with van der Waals surface area (Å²) in [4.78, 5) is 7.80. The molecule has 2 nitrogen and oxygen atoms in total. The highest BCUT2D eigenvalue weighted by molar-refractivity contribution is 9.10. The van der Waals surface area contributed by atoms with Crippen LogP contribution in [0, 0.1) is 10.6 Å². The normalized spacial score (nSPS) is 11.5. The van der Waals surface area contributed by atoms with Gasteiger partial charge in [0, 0.05) is 5.69 Å². The predicted molar refractivity (Wildman–Crippen MR) is 82.1 cm³/mol. The first-order chi connectivity index (χ1) is 7.90. The van der Waals surface area contributed by atoms with Crippen molar-refractivity contribution in [3.63, 3.8) is 0 Å². The average molecular weight is 335 g/mol. The van der Waals surface area contributed by atoms with Crippen molar-refractivity contribution in [2.75, 3.05) is 0 Å². The second kappa shape index (κ2) is 6.90. The first kappa shape index (κ1) is 15.2. The van der Waals surface area contributed by atoms with E-state index in [9.17, 15) is 0 Å². The molecular formula is C12H19BrN2S2. The fourth-order valence-corrected chi connectivity index (χ4v) is 2.63. The van der Waals surface area contributed by atoms with Crippen LogP contribution in [0.2, 0.25) is 0 Å². The molecule has 0 aromatic carbocycles. The zero-order valence-corrected chi connectivity index (χ0v) is 13.9. The van der Waals surface area contributed by atoms with Gasteiger partial charge in [-0.05, 0) is 33.5 Å². The number of hydrogen-bond acceptors (Lipinski definition) is 3. The highest BCUT2D eigenvalue weighted by atomic mass is 79.9. The maximum Gasteiger partial charge on any atom is 0.144 e. The molecule has 0 amide bonds. The summed E-state index contributed by atoms with van der Waals surface area (Å²) in [7, 11) is 0. The first-order valence-electron chi connectivity index (χ1n) is 5.79. The lowest BCUT2D eigenvalue weighted by Gasteiger charge is -2.11. The number of halogens is 1. The molecule has 1 aromatic heterocycles. The second-order valence-electron chi connectivity index (χ2n) is 4.74. The van der Waals surface area contributed by atoms with E-state index >= 15 is 0 Å². The van der Waals surface area contributed by atoms with Gasteiger partial charge in [0.2, 0.25) is 0 Å². The average Bonchev–Trinajstić information content (AvgIpc) is 2.21. The Morgan fingerprint density at radius 1 is 1.35 bits per heavy atom. The molecule has 0 fully saturated rings. The summed E-state index contributed by atoms with van der Waals surface area (Å²) in [5.41, 5.74) is 1.17. The Hall–Kier alpha value is 0.130. The standard InChI is InChI=1S/C12H19BrN2S2/c1-7(2)5-9-11(13)12(16)15-10(14-9)6-17-8(3)4/h7-8H,5-6H2,1-4H3,(H,14,15,16). The van der Waals surface area contributed by atoms with Crippen LogP contribution in [0.25, 0.3) is 0 Å². The quantitative estimate of drug-likeness (QED) is 0.788. The van der Waals surface area contributed by atoms with Crippen molar-refractivity contribution in [1.82, 2.24) is 9.97 Å². The number of thioether (sulfide) groups is 1. The monoisotopic (exact) mass is 334 g/mol. The topological polar surface area (TPSA) is 28.7 Å². The third kappa shape index (κ3) is 5.10. The molecule has 0 spiro atoms. The van der Waals surface area contributed by atoms with Crippen molar-refractivity contribution in [3.05, 3.63) is 20.6 Å². The van der Waals surface area contributed by atoms with Crippen molar-refractivity contribution in [1.29, 1.82) is 0 Å². The van der Waals surface area contributed by atoms with E-state index in [2.05, 4.69) is 53.6 Å². The Balaban J connectivity index is 2.93. The number of aromatic amines is 1. The van der Waals surface area contributed by atoms with E-state index < -0.39 is 0 Å². The highest BCUT2D eigenvalue weighted by Gasteiger charge is 2.08. The second-order valence-corrected chi connectivity index (χ2v) is 7.48. The van der Waals surface area contributed by atoms with Gasteiger partial charge in [-0.3, -0.25) is 0 Å². The Labute approximate surface area is 121 Å². The van der Waals surface area contributed by atoms with Crippen LogP contribution in [-0.4, -0.2) is 15.2 Å². The van der Waals surface area contributed by atoms with Crippen LogP contribution in [0.15, 0.2) is 4.47 Å². The molecule has 0 aliphatic heterocycles. The third-order valence-electron chi connectivity index (χ3n) is 2.15. The largest absolute Gasteiger partial charge is 0.345 e. The Bertz CT molecular complexity index is 427. The van der Waals surface area contributed by atoms with Gasteiger partial charge >= 0.3 is 0 Å². The number of H-pyrrole nitrogens is 1. The minimum absolute atomic E-state index is 0.602. The molecule has 0 aliphatic carbocycles. The third-order valence-corrected chi connectivity index (χ3v) is 4.67. The summed E-state index contributed by atoms with van der Waals surface area (Å²) in [6, 6.07) is 0. The summed E-state index contributed by atoms with van der Waals surface area (Å²) in [6.45, 7) is 8.78. The molecule has 0 aliphatic rings. The van der Waals surface area contributed by atoms with Gasteiger partial charge in [0.25, 0.3) is 0 Å². The molecule has 96 valence electrons. The van der Waals surface area contributed by atoms with E-state index in [1.165, 1.54) is 5.69 Å². The molecule has 0 bridgehead atoms. The lowest BCUT2D eigenvalue weighted by atomic mass is 10.1. The van der Waals surface area contributed by atoms with Gasteiger partial charge < -0.3 is 4.98 Å². The molecular weight excluding hydrogens is 316 g/mol. The van der Waals surface area contributed by atoms with E-state index in [-0.39, 0.29) is 0 Å². The van der Waals surface area contributed by atoms with Crippen LogP contribution in [-0.2, 0) is 12.2 Å². The minimum Gasteiger partial charge on any atom is -0.345 e. The molecule has 1 heterocycles. The molecule has 1 N–H and O–H groups in total. The maximum absolute atomic E-state index is 5.27. The van der Waals surface area contributed by atoms with Gasteiger partial charge in [-0.25, -0.2) is 4.98 Å². The van der Waals surface area contributed by atoms with Crippen LogP contribution in [0.1, 0.15) is 39.2 Å². The zero-order chi connectivity index (χ0) is 13.0. The summed E-state index contributed by atoms with van der Waals surface area (Å²) in [5, 5.41) is 0.607. The Morgan fingerprint density at radius 3 is 2.53 bits per heavy atom. The Morgan fingerprint density at radius 2 is 2.00 bits per heavy atom. The van der Waals surface area contributed by atoms with Crippen molar-refractivity contribution in [3.8, 4) is 0 Å². The fourth-order valence-electron chi connectivity index (χ4n) is 1.42. The van der Waals surface area contributed by atoms with Gasteiger partial charge in [-0.1, -0.05) is 39.9 Å². The molecule has 0 saturated heterocycles. The summed E-state index contributed by atoms with van der Waals surface area (Å²) in [5.74, 6) is 2.47. The van der Waals surface area contributed by atoms with E-state index in [1.807, 2.05) is 11.8 Å². The molecule has 0 saturated carbocycles. The minimum atomic E-state index is 0.602. The van der Waals surface area contributed by atoms with E-state index in [1.54, 1.807) is 0 Å². The number of hydrogen-bond donors (Lipinski definition) is 1. The van der Waals surface area contributed by atoms with E-state index in [0.717, 1.165) is 22.5 Å². The molecule has 5 heteroatoms. The summed E-state index contributed by atoms with van der Waals surface area (Å²) >= 11 is 10.7. The van der Waals surface area contributed by atoms with Crippen LogP contribution in [0.3, 0.4) is 0 Å². The first-order valence-corrected chi connectivity index (χ1v) is 8.04. The SMILES string of the molecule is CC(C)Cc1[nH]c(CSC(C)C)nc(=S)c1Br. The predicted octanol–water partition coefficient (Wildman–Crippen LogP) is 4.74. The van der Waals surface area contributed by atoms with E-state index in [0.29, 0.717) is 15.8 Å². The summed E-state index contributed by atoms with van der Waals surface area (Å²) in [6.07, 6.45) is 0.992. The van der Waals surface area contributed by atoms with Crippen LogP contribution in [0.4, 0.5) is 0 Å². The van der Waals surface area contributed by atoms with Gasteiger partial charge in [-0.2, -0.15) is 11.8 Å².